The van der Waals surface area contributed by atoms with Crippen molar-refractivity contribution in [3.63, 3.8) is 0 Å². The van der Waals surface area contributed by atoms with Crippen LogP contribution >= 0.6 is 0 Å². The van der Waals surface area contributed by atoms with Crippen molar-refractivity contribution in [2.45, 2.75) is 19.3 Å². The fraction of sp³-hybridized carbons (Fsp3) is 0.353. The van der Waals surface area contributed by atoms with Crippen molar-refractivity contribution < 1.29 is 0 Å². The average Bonchev–Trinajstić information content (AvgIpc) is 2.49. The maximum absolute atomic E-state index is 5.76. The molecule has 0 radical (unpaired) electrons. The van der Waals surface area contributed by atoms with Crippen LogP contribution < -0.4 is 10.6 Å². The standard InChI is InChI=1S/C17H21N3/c18-16-7-4-8-17(19-16)20-11-9-15(10-12-20)13-14-5-2-1-3-6-14/h1-8,15H,9-13H2,(H2,18,19). The molecule has 0 saturated carbocycles. The van der Waals surface area contributed by atoms with Crippen LogP contribution in [0.3, 0.4) is 0 Å². The predicted octanol–water partition coefficient (Wildman–Crippen LogP) is 3.12. The molecule has 2 aromatic rings. The van der Waals surface area contributed by atoms with Gasteiger partial charge in [0.1, 0.15) is 11.6 Å². The summed E-state index contributed by atoms with van der Waals surface area (Å²) in [5.74, 6) is 2.41. The molecule has 1 aliphatic rings. The molecule has 0 unspecified atom stereocenters. The van der Waals surface area contributed by atoms with Gasteiger partial charge in [0, 0.05) is 13.1 Å². The normalized spacial score (nSPS) is 16.3. The number of piperidine rings is 1. The highest BCUT2D eigenvalue weighted by molar-refractivity contribution is 5.45. The average molecular weight is 267 g/mol. The first-order chi connectivity index (χ1) is 9.81. The zero-order valence-electron chi connectivity index (χ0n) is 11.7. The summed E-state index contributed by atoms with van der Waals surface area (Å²) in [5.41, 5.74) is 7.21. The summed E-state index contributed by atoms with van der Waals surface area (Å²) in [6, 6.07) is 16.7. The van der Waals surface area contributed by atoms with E-state index in [4.69, 9.17) is 5.73 Å². The minimum Gasteiger partial charge on any atom is -0.384 e. The maximum atomic E-state index is 5.76. The van der Waals surface area contributed by atoms with E-state index in [1.807, 2.05) is 18.2 Å². The van der Waals surface area contributed by atoms with Crippen LogP contribution in [-0.2, 0) is 6.42 Å². The van der Waals surface area contributed by atoms with Crippen LogP contribution in [0, 0.1) is 5.92 Å². The Kier molecular flexibility index (Phi) is 3.86. The Balaban J connectivity index is 1.57. The molecule has 0 bridgehead atoms. The van der Waals surface area contributed by atoms with Gasteiger partial charge in [0.2, 0.25) is 0 Å². The van der Waals surface area contributed by atoms with Gasteiger partial charge in [-0.3, -0.25) is 0 Å². The minimum atomic E-state index is 0.605. The highest BCUT2D eigenvalue weighted by Gasteiger charge is 2.20. The van der Waals surface area contributed by atoms with Gasteiger partial charge in [0.15, 0.2) is 0 Å². The highest BCUT2D eigenvalue weighted by atomic mass is 15.2. The molecule has 1 aliphatic heterocycles. The molecule has 2 heterocycles. The van der Waals surface area contributed by atoms with Crippen LogP contribution in [0.2, 0.25) is 0 Å². The maximum Gasteiger partial charge on any atom is 0.130 e. The second kappa shape index (κ2) is 5.95. The first-order valence-electron chi connectivity index (χ1n) is 7.32. The van der Waals surface area contributed by atoms with Crippen LogP contribution in [0.1, 0.15) is 18.4 Å². The number of anilines is 2. The third-order valence-corrected chi connectivity index (χ3v) is 4.06. The molecule has 0 amide bonds. The summed E-state index contributed by atoms with van der Waals surface area (Å²) in [5, 5.41) is 0. The zero-order chi connectivity index (χ0) is 13.8. The molecule has 0 atom stereocenters. The Hall–Kier alpha value is -2.03. The van der Waals surface area contributed by atoms with Crippen molar-refractivity contribution in [1.82, 2.24) is 4.98 Å². The fourth-order valence-electron chi connectivity index (χ4n) is 2.93. The van der Waals surface area contributed by atoms with Gasteiger partial charge in [-0.1, -0.05) is 36.4 Å². The van der Waals surface area contributed by atoms with Crippen LogP contribution in [0.25, 0.3) is 0 Å². The molecule has 0 aliphatic carbocycles. The molecule has 1 aromatic heterocycles. The first kappa shape index (κ1) is 13.0. The Morgan fingerprint density at radius 2 is 1.75 bits per heavy atom. The smallest absolute Gasteiger partial charge is 0.130 e. The Morgan fingerprint density at radius 3 is 2.45 bits per heavy atom. The molecule has 1 saturated heterocycles. The Morgan fingerprint density at radius 1 is 1.00 bits per heavy atom. The van der Waals surface area contributed by atoms with E-state index < -0.39 is 0 Å². The number of hydrogen-bond donors (Lipinski definition) is 1. The van der Waals surface area contributed by atoms with Gasteiger partial charge in [-0.15, -0.1) is 0 Å². The van der Waals surface area contributed by atoms with E-state index in [-0.39, 0.29) is 0 Å². The van der Waals surface area contributed by atoms with E-state index in [1.54, 1.807) is 0 Å². The van der Waals surface area contributed by atoms with Crippen LogP contribution in [0.4, 0.5) is 11.6 Å². The van der Waals surface area contributed by atoms with Gasteiger partial charge < -0.3 is 10.6 Å². The van der Waals surface area contributed by atoms with E-state index >= 15 is 0 Å². The largest absolute Gasteiger partial charge is 0.384 e. The molecule has 3 nitrogen and oxygen atoms in total. The van der Waals surface area contributed by atoms with Crippen molar-refractivity contribution in [2.75, 3.05) is 23.7 Å². The number of nitrogen functional groups attached to an aromatic ring is 1. The number of benzene rings is 1. The Labute approximate surface area is 120 Å². The molecular formula is C17H21N3. The van der Waals surface area contributed by atoms with Crippen LogP contribution in [0.5, 0.6) is 0 Å². The number of aromatic nitrogens is 1. The van der Waals surface area contributed by atoms with Crippen LogP contribution in [0.15, 0.2) is 48.5 Å². The molecule has 20 heavy (non-hydrogen) atoms. The van der Waals surface area contributed by atoms with Crippen molar-refractivity contribution in [3.05, 3.63) is 54.1 Å². The van der Waals surface area contributed by atoms with Gasteiger partial charge in [0.05, 0.1) is 0 Å². The number of hydrogen-bond acceptors (Lipinski definition) is 3. The van der Waals surface area contributed by atoms with E-state index in [0.29, 0.717) is 5.82 Å². The lowest BCUT2D eigenvalue weighted by Gasteiger charge is -2.33. The molecule has 104 valence electrons. The fourth-order valence-corrected chi connectivity index (χ4v) is 2.93. The van der Waals surface area contributed by atoms with Gasteiger partial charge in [-0.25, -0.2) is 4.98 Å². The molecule has 0 spiro atoms. The summed E-state index contributed by atoms with van der Waals surface area (Å²) >= 11 is 0. The van der Waals surface area contributed by atoms with Gasteiger partial charge in [0.25, 0.3) is 0 Å². The molecule has 3 rings (SSSR count). The topological polar surface area (TPSA) is 42.1 Å². The van der Waals surface area contributed by atoms with Gasteiger partial charge in [-0.2, -0.15) is 0 Å². The van der Waals surface area contributed by atoms with E-state index in [0.717, 1.165) is 24.8 Å². The monoisotopic (exact) mass is 267 g/mol. The second-order valence-corrected chi connectivity index (χ2v) is 5.54. The third kappa shape index (κ3) is 3.10. The first-order valence-corrected chi connectivity index (χ1v) is 7.32. The van der Waals surface area contributed by atoms with Crippen LogP contribution in [-0.4, -0.2) is 18.1 Å². The SMILES string of the molecule is Nc1cccc(N2CCC(Cc3ccccc3)CC2)n1. The van der Waals surface area contributed by atoms with E-state index in [2.05, 4.69) is 40.2 Å². The van der Waals surface area contributed by atoms with Crippen molar-refractivity contribution in [1.29, 1.82) is 0 Å². The van der Waals surface area contributed by atoms with Gasteiger partial charge >= 0.3 is 0 Å². The zero-order valence-corrected chi connectivity index (χ0v) is 11.7. The molecule has 3 heteroatoms. The highest BCUT2D eigenvalue weighted by Crippen LogP contribution is 2.25. The summed E-state index contributed by atoms with van der Waals surface area (Å²) in [6.07, 6.45) is 3.65. The minimum absolute atomic E-state index is 0.605. The van der Waals surface area contributed by atoms with E-state index in [9.17, 15) is 0 Å². The number of nitrogens with two attached hydrogens (primary N) is 1. The molecule has 1 fully saturated rings. The number of pyridine rings is 1. The molecular weight excluding hydrogens is 246 g/mol. The van der Waals surface area contributed by atoms with E-state index in [1.165, 1.54) is 24.8 Å². The lowest BCUT2D eigenvalue weighted by atomic mass is 9.90. The summed E-state index contributed by atoms with van der Waals surface area (Å²) < 4.78 is 0. The summed E-state index contributed by atoms with van der Waals surface area (Å²) in [6.45, 7) is 2.15. The Bertz CT molecular complexity index is 545. The van der Waals surface area contributed by atoms with Crippen molar-refractivity contribution >= 4 is 11.6 Å². The lowest BCUT2D eigenvalue weighted by molar-refractivity contribution is 0.402. The number of nitrogens with zero attached hydrogens (tertiary/aromatic N) is 2. The third-order valence-electron chi connectivity index (χ3n) is 4.06. The summed E-state index contributed by atoms with van der Waals surface area (Å²) in [7, 11) is 0. The summed E-state index contributed by atoms with van der Waals surface area (Å²) in [4.78, 5) is 6.75. The lowest BCUT2D eigenvalue weighted by Crippen LogP contribution is -2.34. The van der Waals surface area contributed by atoms with Gasteiger partial charge in [-0.05, 0) is 42.9 Å². The molecule has 1 aromatic carbocycles. The second-order valence-electron chi connectivity index (χ2n) is 5.54. The van der Waals surface area contributed by atoms with Crippen molar-refractivity contribution in [2.24, 2.45) is 5.92 Å². The van der Waals surface area contributed by atoms with Crippen molar-refractivity contribution in [3.8, 4) is 0 Å². The number of rotatable bonds is 3. The quantitative estimate of drug-likeness (QED) is 0.929. The predicted molar refractivity (Wildman–Crippen MR) is 83.7 cm³/mol. The molecule has 2 N–H and O–H groups in total.